The third-order valence-corrected chi connectivity index (χ3v) is 1.31. The van der Waals surface area contributed by atoms with Crippen LogP contribution in [-0.4, -0.2) is 35.9 Å². The van der Waals surface area contributed by atoms with Crippen LogP contribution < -0.4 is 11.5 Å². The van der Waals surface area contributed by atoms with Crippen LogP contribution in [0.2, 0.25) is 0 Å². The Hall–Kier alpha value is -1.88. The molecule has 0 heterocycles. The molecule has 13 heavy (non-hydrogen) atoms. The van der Waals surface area contributed by atoms with E-state index in [0.717, 1.165) is 4.90 Å². The summed E-state index contributed by atoms with van der Waals surface area (Å²) in [4.78, 5) is 4.68. The molecule has 72 valence electrons. The molecule has 0 saturated carbocycles. The van der Waals surface area contributed by atoms with Gasteiger partial charge in [0.1, 0.15) is 0 Å². The van der Waals surface area contributed by atoms with Crippen molar-refractivity contribution in [2.24, 2.45) is 16.5 Å². The Morgan fingerprint density at radius 2 is 1.85 bits per heavy atom. The predicted octanol–water partition coefficient (Wildman–Crippen LogP) is -0.782. The van der Waals surface area contributed by atoms with Crippen LogP contribution in [0.1, 0.15) is 6.42 Å². The number of nitrogens with zero attached hydrogens (tertiary/aromatic N) is 2. The van der Waals surface area contributed by atoms with Gasteiger partial charge in [0.05, 0.1) is 12.6 Å². The lowest BCUT2D eigenvalue weighted by Gasteiger charge is -2.19. The molecule has 7 heteroatoms. The van der Waals surface area contributed by atoms with Crippen LogP contribution in [-0.2, 0) is 0 Å². The maximum absolute atomic E-state index is 7.06. The van der Waals surface area contributed by atoms with E-state index in [1.54, 1.807) is 0 Å². The SMILES string of the molecule is N=C=NCCCN(C(=N)N)C(=N)N. The fourth-order valence-corrected chi connectivity index (χ4v) is 0.734. The van der Waals surface area contributed by atoms with Gasteiger partial charge < -0.3 is 11.5 Å². The van der Waals surface area contributed by atoms with Crippen molar-refractivity contribution in [2.45, 2.75) is 6.42 Å². The van der Waals surface area contributed by atoms with E-state index in [-0.39, 0.29) is 11.9 Å². The van der Waals surface area contributed by atoms with Crippen molar-refractivity contribution in [3.63, 3.8) is 0 Å². The van der Waals surface area contributed by atoms with Gasteiger partial charge in [-0.3, -0.25) is 15.7 Å². The summed E-state index contributed by atoms with van der Waals surface area (Å²) >= 11 is 0. The number of nitrogens with two attached hydrogens (primary N) is 2. The maximum Gasteiger partial charge on any atom is 0.195 e. The number of hydrogen-bond acceptors (Lipinski definition) is 4. The van der Waals surface area contributed by atoms with Crippen molar-refractivity contribution >= 4 is 17.9 Å². The third kappa shape index (κ3) is 4.54. The van der Waals surface area contributed by atoms with Crippen LogP contribution in [0, 0.1) is 16.2 Å². The first-order valence-electron chi connectivity index (χ1n) is 3.63. The van der Waals surface area contributed by atoms with Gasteiger partial charge in [-0.25, -0.2) is 10.4 Å². The molecule has 0 amide bonds. The number of rotatable bonds is 4. The van der Waals surface area contributed by atoms with Gasteiger partial charge >= 0.3 is 0 Å². The van der Waals surface area contributed by atoms with Crippen LogP contribution in [0.3, 0.4) is 0 Å². The molecule has 0 unspecified atom stereocenters. The average Bonchev–Trinajstić information content (AvgIpc) is 2.02. The van der Waals surface area contributed by atoms with Crippen LogP contribution in [0.25, 0.3) is 0 Å². The Morgan fingerprint density at radius 3 is 2.23 bits per heavy atom. The second-order valence-electron chi connectivity index (χ2n) is 2.27. The number of guanidine groups is 2. The summed E-state index contributed by atoms with van der Waals surface area (Å²) in [5.74, 6) is -0.516. The van der Waals surface area contributed by atoms with E-state index in [0.29, 0.717) is 19.5 Å². The smallest absolute Gasteiger partial charge is 0.195 e. The second kappa shape index (κ2) is 5.73. The highest BCUT2D eigenvalue weighted by atomic mass is 15.3. The Morgan fingerprint density at radius 1 is 1.31 bits per heavy atom. The van der Waals surface area contributed by atoms with E-state index in [4.69, 9.17) is 27.7 Å². The lowest BCUT2D eigenvalue weighted by atomic mass is 10.4. The van der Waals surface area contributed by atoms with E-state index in [2.05, 4.69) is 4.99 Å². The van der Waals surface area contributed by atoms with Crippen molar-refractivity contribution in [1.82, 2.24) is 4.90 Å². The minimum atomic E-state index is -0.258. The third-order valence-electron chi connectivity index (χ3n) is 1.31. The van der Waals surface area contributed by atoms with Crippen molar-refractivity contribution < 1.29 is 0 Å². The molecule has 0 saturated heterocycles. The lowest BCUT2D eigenvalue weighted by Crippen LogP contribution is -2.45. The first-order chi connectivity index (χ1) is 6.09. The van der Waals surface area contributed by atoms with Gasteiger partial charge in [-0.15, -0.1) is 0 Å². The molecule has 0 rings (SSSR count). The van der Waals surface area contributed by atoms with Gasteiger partial charge in [0.25, 0.3) is 0 Å². The van der Waals surface area contributed by atoms with Gasteiger partial charge in [0.15, 0.2) is 11.9 Å². The molecule has 0 aromatic carbocycles. The summed E-state index contributed by atoms with van der Waals surface area (Å²) in [7, 11) is 0. The van der Waals surface area contributed by atoms with Crippen molar-refractivity contribution in [3.05, 3.63) is 0 Å². The van der Waals surface area contributed by atoms with E-state index in [9.17, 15) is 0 Å². The van der Waals surface area contributed by atoms with E-state index in [1.807, 2.05) is 6.01 Å². The minimum Gasteiger partial charge on any atom is -0.370 e. The van der Waals surface area contributed by atoms with Gasteiger partial charge in [-0.1, -0.05) is 0 Å². The largest absolute Gasteiger partial charge is 0.370 e. The van der Waals surface area contributed by atoms with Crippen molar-refractivity contribution in [1.29, 1.82) is 16.2 Å². The fourth-order valence-electron chi connectivity index (χ4n) is 0.734. The normalized spacial score (nSPS) is 8.62. The standard InChI is InChI=1S/C6H13N7/c7-4-12-2-1-3-13(5(8)9)6(10)11/h7H,1-3H2,(H3,8,9)(H3,10,11). The zero-order chi connectivity index (χ0) is 10.3. The van der Waals surface area contributed by atoms with Gasteiger partial charge in [-0.2, -0.15) is 0 Å². The Balaban J connectivity index is 3.90. The van der Waals surface area contributed by atoms with Gasteiger partial charge in [0, 0.05) is 6.54 Å². The summed E-state index contributed by atoms with van der Waals surface area (Å²) in [5.41, 5.74) is 10.3. The molecule has 0 radical (unpaired) electrons. The van der Waals surface area contributed by atoms with Gasteiger partial charge in [-0.05, 0) is 6.42 Å². The monoisotopic (exact) mass is 183 g/mol. The maximum atomic E-state index is 7.06. The predicted molar refractivity (Wildman–Crippen MR) is 50.2 cm³/mol. The Labute approximate surface area is 76.0 Å². The second-order valence-corrected chi connectivity index (χ2v) is 2.27. The number of aliphatic imine (C=N–C) groups is 1. The molecule has 0 aromatic rings. The van der Waals surface area contributed by atoms with E-state index < -0.39 is 0 Å². The number of nitrogens with one attached hydrogen (secondary N) is 3. The summed E-state index contributed by atoms with van der Waals surface area (Å²) in [6.07, 6.45) is 0.574. The molecule has 7 nitrogen and oxygen atoms in total. The number of hydrogen-bond donors (Lipinski definition) is 5. The van der Waals surface area contributed by atoms with Crippen molar-refractivity contribution in [2.75, 3.05) is 13.1 Å². The molecular formula is C6H13N7. The highest BCUT2D eigenvalue weighted by molar-refractivity contribution is 5.94. The molecule has 0 aliphatic rings. The van der Waals surface area contributed by atoms with Gasteiger partial charge in [0.2, 0.25) is 0 Å². The summed E-state index contributed by atoms with van der Waals surface area (Å²) in [6, 6.07) is 1.89. The quantitative estimate of drug-likeness (QED) is 0.222. The molecule has 0 aliphatic heterocycles. The zero-order valence-electron chi connectivity index (χ0n) is 7.17. The Kier molecular flexibility index (Phi) is 4.90. The molecule has 0 atom stereocenters. The first kappa shape index (κ1) is 11.1. The molecule has 0 bridgehead atoms. The van der Waals surface area contributed by atoms with Crippen LogP contribution in [0.5, 0.6) is 0 Å². The molecule has 0 aromatic heterocycles. The fraction of sp³-hybridized carbons (Fsp3) is 0.500. The summed E-state index contributed by atoms with van der Waals surface area (Å²) < 4.78 is 0. The van der Waals surface area contributed by atoms with E-state index >= 15 is 0 Å². The highest BCUT2D eigenvalue weighted by Crippen LogP contribution is 1.89. The molecule has 7 N–H and O–H groups in total. The molecule has 0 aliphatic carbocycles. The van der Waals surface area contributed by atoms with Crippen molar-refractivity contribution in [3.8, 4) is 0 Å². The first-order valence-corrected chi connectivity index (χ1v) is 3.63. The minimum absolute atomic E-state index is 0.258. The van der Waals surface area contributed by atoms with Crippen LogP contribution >= 0.6 is 0 Å². The molecule has 0 spiro atoms. The highest BCUT2D eigenvalue weighted by Gasteiger charge is 2.07. The van der Waals surface area contributed by atoms with Crippen LogP contribution in [0.15, 0.2) is 4.99 Å². The zero-order valence-corrected chi connectivity index (χ0v) is 7.17. The summed E-state index contributed by atoms with van der Waals surface area (Å²) in [6.45, 7) is 0.774. The van der Waals surface area contributed by atoms with Crippen LogP contribution in [0.4, 0.5) is 0 Å². The average molecular weight is 183 g/mol. The summed E-state index contributed by atoms with van der Waals surface area (Å²) in [5, 5.41) is 20.6. The molecule has 0 fully saturated rings. The molecular weight excluding hydrogens is 170 g/mol. The topological polar surface area (TPSA) is 139 Å². The van der Waals surface area contributed by atoms with E-state index in [1.165, 1.54) is 0 Å². The lowest BCUT2D eigenvalue weighted by molar-refractivity contribution is 0.562. The Bertz CT molecular complexity index is 225.